The monoisotopic (exact) mass is 362 g/mol. The topological polar surface area (TPSA) is 63.5 Å². The molecule has 0 aliphatic carbocycles. The zero-order chi connectivity index (χ0) is 18.8. The predicted octanol–water partition coefficient (Wildman–Crippen LogP) is 3.56. The van der Waals surface area contributed by atoms with Gasteiger partial charge < -0.3 is 19.7 Å². The third-order valence-electron chi connectivity index (χ3n) is 5.03. The maximum atomic E-state index is 11.0. The van der Waals surface area contributed by atoms with Crippen LogP contribution in [0.1, 0.15) is 11.3 Å². The Morgan fingerprint density at radius 1 is 1.19 bits per heavy atom. The van der Waals surface area contributed by atoms with Gasteiger partial charge in [-0.25, -0.2) is 4.79 Å². The van der Waals surface area contributed by atoms with E-state index in [0.717, 1.165) is 42.7 Å². The zero-order valence-corrected chi connectivity index (χ0v) is 15.2. The van der Waals surface area contributed by atoms with Crippen molar-refractivity contribution in [1.82, 2.24) is 9.88 Å². The highest BCUT2D eigenvalue weighted by molar-refractivity contribution is 5.98. The molecule has 2 N–H and O–H groups in total. The third-order valence-corrected chi connectivity index (χ3v) is 5.03. The van der Waals surface area contributed by atoms with Crippen LogP contribution in [0.3, 0.4) is 0 Å². The van der Waals surface area contributed by atoms with Gasteiger partial charge in [0.15, 0.2) is 0 Å². The van der Waals surface area contributed by atoms with Crippen molar-refractivity contribution in [1.29, 1.82) is 0 Å². The fraction of sp³-hybridized carbons (Fsp3) is 0.227. The van der Waals surface area contributed by atoms with Crippen LogP contribution in [0, 0.1) is 0 Å². The molecule has 0 spiro atoms. The van der Waals surface area contributed by atoms with E-state index in [4.69, 9.17) is 9.84 Å². The standard InChI is InChI=1S/C22H22N2O3/c1-27-18-6-7-19(15(14-18)5-8-21(25)26)20-4-2-3-16-13-17-9-10-23-11-12-24(17)22(16)20/h2-8,13-14,23H,9-12H2,1H3,(H,25,26)/b8-5+. The molecule has 3 aromatic rings. The summed E-state index contributed by atoms with van der Waals surface area (Å²) in [5.41, 5.74) is 5.46. The Labute approximate surface area is 157 Å². The minimum Gasteiger partial charge on any atom is -0.497 e. The summed E-state index contributed by atoms with van der Waals surface area (Å²) in [5, 5.41) is 13.7. The number of carboxylic acids is 1. The lowest BCUT2D eigenvalue weighted by molar-refractivity contribution is -0.131. The number of hydrogen-bond acceptors (Lipinski definition) is 3. The van der Waals surface area contributed by atoms with Gasteiger partial charge in [0.05, 0.1) is 12.6 Å². The first-order valence-electron chi connectivity index (χ1n) is 9.08. The SMILES string of the molecule is COc1ccc(-c2cccc3cc4n(c23)CCNCC4)c(/C=C/C(=O)O)c1. The van der Waals surface area contributed by atoms with Crippen molar-refractivity contribution in [3.8, 4) is 16.9 Å². The van der Waals surface area contributed by atoms with Crippen LogP contribution in [-0.4, -0.2) is 35.8 Å². The van der Waals surface area contributed by atoms with Gasteiger partial charge in [0.2, 0.25) is 0 Å². The van der Waals surface area contributed by atoms with Crippen molar-refractivity contribution in [2.45, 2.75) is 13.0 Å². The zero-order valence-electron chi connectivity index (χ0n) is 15.2. The highest BCUT2D eigenvalue weighted by atomic mass is 16.5. The van der Waals surface area contributed by atoms with Crippen LogP contribution in [-0.2, 0) is 17.8 Å². The average molecular weight is 362 g/mol. The second-order valence-electron chi connectivity index (χ2n) is 6.66. The number of rotatable bonds is 4. The summed E-state index contributed by atoms with van der Waals surface area (Å²) in [6.07, 6.45) is 3.80. The Morgan fingerprint density at radius 3 is 2.89 bits per heavy atom. The molecule has 5 heteroatoms. The number of nitrogens with zero attached hydrogens (tertiary/aromatic N) is 1. The molecule has 0 saturated heterocycles. The Hall–Kier alpha value is -3.05. The lowest BCUT2D eigenvalue weighted by Crippen LogP contribution is -2.17. The molecule has 5 nitrogen and oxygen atoms in total. The van der Waals surface area contributed by atoms with Gasteiger partial charge >= 0.3 is 5.97 Å². The second kappa shape index (κ2) is 7.29. The van der Waals surface area contributed by atoms with Crippen molar-refractivity contribution in [2.75, 3.05) is 20.2 Å². The van der Waals surface area contributed by atoms with Gasteiger partial charge in [-0.1, -0.05) is 24.3 Å². The van der Waals surface area contributed by atoms with Crippen LogP contribution >= 0.6 is 0 Å². The van der Waals surface area contributed by atoms with Gasteiger partial charge in [-0.2, -0.15) is 0 Å². The van der Waals surface area contributed by atoms with Crippen LogP contribution in [0.25, 0.3) is 28.1 Å². The van der Waals surface area contributed by atoms with Crippen LogP contribution in [0.5, 0.6) is 5.75 Å². The van der Waals surface area contributed by atoms with E-state index in [-0.39, 0.29) is 0 Å². The highest BCUT2D eigenvalue weighted by Crippen LogP contribution is 2.35. The molecular formula is C22H22N2O3. The second-order valence-corrected chi connectivity index (χ2v) is 6.66. The van der Waals surface area contributed by atoms with Crippen molar-refractivity contribution in [2.24, 2.45) is 0 Å². The summed E-state index contributed by atoms with van der Waals surface area (Å²) in [6, 6.07) is 14.4. The van der Waals surface area contributed by atoms with E-state index in [1.807, 2.05) is 18.2 Å². The van der Waals surface area contributed by atoms with Crippen LogP contribution in [0.2, 0.25) is 0 Å². The third kappa shape index (κ3) is 3.34. The number of aromatic nitrogens is 1. The summed E-state index contributed by atoms with van der Waals surface area (Å²) >= 11 is 0. The number of hydrogen-bond donors (Lipinski definition) is 2. The number of carbonyl (C=O) groups is 1. The minimum atomic E-state index is -0.968. The number of benzene rings is 2. The minimum absolute atomic E-state index is 0.703. The number of nitrogens with one attached hydrogen (secondary N) is 1. The van der Waals surface area contributed by atoms with Gasteiger partial charge in [-0.3, -0.25) is 0 Å². The molecule has 2 heterocycles. The maximum absolute atomic E-state index is 11.0. The highest BCUT2D eigenvalue weighted by Gasteiger charge is 2.16. The first-order chi connectivity index (χ1) is 13.2. The van der Waals surface area contributed by atoms with Crippen molar-refractivity contribution >= 4 is 22.9 Å². The van der Waals surface area contributed by atoms with E-state index >= 15 is 0 Å². The largest absolute Gasteiger partial charge is 0.497 e. The first kappa shape index (κ1) is 17.4. The van der Waals surface area contributed by atoms with E-state index in [0.29, 0.717) is 5.75 Å². The van der Waals surface area contributed by atoms with Crippen molar-refractivity contribution in [3.63, 3.8) is 0 Å². The Bertz CT molecular complexity index is 1030. The molecule has 138 valence electrons. The van der Waals surface area contributed by atoms with Crippen LogP contribution in [0.4, 0.5) is 0 Å². The summed E-state index contributed by atoms with van der Waals surface area (Å²) in [6.45, 7) is 2.85. The van der Waals surface area contributed by atoms with Gasteiger partial charge in [-0.05, 0) is 35.4 Å². The van der Waals surface area contributed by atoms with E-state index in [1.165, 1.54) is 22.7 Å². The molecule has 0 amide bonds. The summed E-state index contributed by atoms with van der Waals surface area (Å²) < 4.78 is 7.73. The predicted molar refractivity (Wildman–Crippen MR) is 107 cm³/mol. The molecule has 4 rings (SSSR count). The quantitative estimate of drug-likeness (QED) is 0.697. The van der Waals surface area contributed by atoms with Gasteiger partial charge in [0.25, 0.3) is 0 Å². The van der Waals surface area contributed by atoms with E-state index in [2.05, 4.69) is 34.1 Å². The molecule has 27 heavy (non-hydrogen) atoms. The normalized spacial score (nSPS) is 14.3. The molecule has 0 saturated carbocycles. The van der Waals surface area contributed by atoms with E-state index in [1.54, 1.807) is 13.2 Å². The molecule has 1 aliphatic rings. The molecule has 2 aromatic carbocycles. The number of carboxylic acid groups (broad SMARTS) is 1. The Morgan fingerprint density at radius 2 is 2.07 bits per heavy atom. The molecule has 0 unspecified atom stereocenters. The number of aliphatic carboxylic acids is 1. The fourth-order valence-electron chi connectivity index (χ4n) is 3.80. The maximum Gasteiger partial charge on any atom is 0.328 e. The van der Waals surface area contributed by atoms with Gasteiger partial charge in [0.1, 0.15) is 5.75 Å². The van der Waals surface area contributed by atoms with Gasteiger partial charge in [-0.15, -0.1) is 0 Å². The first-order valence-corrected chi connectivity index (χ1v) is 9.08. The molecule has 1 aliphatic heterocycles. The Balaban J connectivity index is 1.94. The average Bonchev–Trinajstić information content (AvgIpc) is 2.87. The molecular weight excluding hydrogens is 340 g/mol. The molecule has 0 bridgehead atoms. The summed E-state index contributed by atoms with van der Waals surface area (Å²) in [4.78, 5) is 11.0. The molecule has 0 radical (unpaired) electrons. The number of methoxy groups -OCH3 is 1. The van der Waals surface area contributed by atoms with Crippen LogP contribution in [0.15, 0.2) is 48.5 Å². The smallest absolute Gasteiger partial charge is 0.328 e. The van der Waals surface area contributed by atoms with Gasteiger partial charge in [0, 0.05) is 48.8 Å². The number of fused-ring (bicyclic) bond motifs is 3. The Kier molecular flexibility index (Phi) is 4.69. The van der Waals surface area contributed by atoms with E-state index in [9.17, 15) is 4.79 Å². The van der Waals surface area contributed by atoms with Crippen LogP contribution < -0.4 is 10.1 Å². The summed E-state index contributed by atoms with van der Waals surface area (Å²) in [5.74, 6) is -0.265. The van der Waals surface area contributed by atoms with Crippen molar-refractivity contribution < 1.29 is 14.6 Å². The number of para-hydroxylation sites is 1. The molecule has 0 atom stereocenters. The number of ether oxygens (including phenoxy) is 1. The molecule has 0 fully saturated rings. The lowest BCUT2D eigenvalue weighted by Gasteiger charge is -2.14. The van der Waals surface area contributed by atoms with E-state index < -0.39 is 5.97 Å². The summed E-state index contributed by atoms with van der Waals surface area (Å²) in [7, 11) is 1.61. The lowest BCUT2D eigenvalue weighted by atomic mass is 9.97. The molecule has 1 aromatic heterocycles. The van der Waals surface area contributed by atoms with Crippen molar-refractivity contribution in [3.05, 3.63) is 59.8 Å². The fourth-order valence-corrected chi connectivity index (χ4v) is 3.80.